The summed E-state index contributed by atoms with van der Waals surface area (Å²) in [7, 11) is 0. The van der Waals surface area contributed by atoms with Crippen molar-refractivity contribution < 1.29 is 24.4 Å². The summed E-state index contributed by atoms with van der Waals surface area (Å²) in [6.45, 7) is 0.949. The second kappa shape index (κ2) is 6.31. The lowest BCUT2D eigenvalue weighted by atomic mass is 10.1. The molecule has 1 unspecified atom stereocenters. The van der Waals surface area contributed by atoms with E-state index in [1.54, 1.807) is 0 Å². The molecule has 8 nitrogen and oxygen atoms in total. The van der Waals surface area contributed by atoms with Crippen LogP contribution in [0.4, 0.5) is 5.69 Å². The minimum Gasteiger partial charge on any atom is -0.478 e. The summed E-state index contributed by atoms with van der Waals surface area (Å²) in [6, 6.07) is 3.08. The highest BCUT2D eigenvalue weighted by atomic mass is 16.6. The molecular formula is C13H14N2O6. The van der Waals surface area contributed by atoms with Crippen molar-refractivity contribution in [1.82, 2.24) is 5.32 Å². The number of aromatic carboxylic acids is 1. The summed E-state index contributed by atoms with van der Waals surface area (Å²) in [5.41, 5.74) is -0.789. The van der Waals surface area contributed by atoms with E-state index in [4.69, 9.17) is 9.84 Å². The molecule has 0 bridgehead atoms. The van der Waals surface area contributed by atoms with Gasteiger partial charge < -0.3 is 15.2 Å². The summed E-state index contributed by atoms with van der Waals surface area (Å²) < 4.78 is 5.35. The smallest absolute Gasteiger partial charge is 0.335 e. The van der Waals surface area contributed by atoms with E-state index in [1.165, 1.54) is 0 Å². The predicted molar refractivity (Wildman–Crippen MR) is 71.4 cm³/mol. The largest absolute Gasteiger partial charge is 0.478 e. The van der Waals surface area contributed by atoms with Gasteiger partial charge in [-0.2, -0.15) is 0 Å². The summed E-state index contributed by atoms with van der Waals surface area (Å²) >= 11 is 0. The molecule has 1 amide bonds. The van der Waals surface area contributed by atoms with Crippen LogP contribution in [0.25, 0.3) is 0 Å². The minimum atomic E-state index is -1.33. The summed E-state index contributed by atoms with van der Waals surface area (Å²) in [6.07, 6.45) is 1.71. The molecule has 2 N–H and O–H groups in total. The van der Waals surface area contributed by atoms with Crippen molar-refractivity contribution in [2.75, 3.05) is 13.2 Å². The van der Waals surface area contributed by atoms with Gasteiger partial charge in [0.25, 0.3) is 11.6 Å². The number of carboxylic acid groups (broad SMARTS) is 1. The first-order valence-electron chi connectivity index (χ1n) is 6.40. The lowest BCUT2D eigenvalue weighted by molar-refractivity contribution is -0.384. The molecule has 0 radical (unpaired) electrons. The highest BCUT2D eigenvalue weighted by Gasteiger charge is 2.20. The van der Waals surface area contributed by atoms with E-state index in [0.717, 1.165) is 31.0 Å². The highest BCUT2D eigenvalue weighted by Crippen LogP contribution is 2.18. The van der Waals surface area contributed by atoms with E-state index >= 15 is 0 Å². The zero-order valence-corrected chi connectivity index (χ0v) is 11.1. The highest BCUT2D eigenvalue weighted by molar-refractivity contribution is 5.98. The zero-order chi connectivity index (χ0) is 15.4. The fourth-order valence-electron chi connectivity index (χ4n) is 2.09. The van der Waals surface area contributed by atoms with Crippen molar-refractivity contribution >= 4 is 17.6 Å². The Balaban J connectivity index is 2.14. The van der Waals surface area contributed by atoms with E-state index in [2.05, 4.69) is 5.32 Å². The van der Waals surface area contributed by atoms with Gasteiger partial charge in [0.05, 0.1) is 16.6 Å². The van der Waals surface area contributed by atoms with Gasteiger partial charge in [0.15, 0.2) is 0 Å². The van der Waals surface area contributed by atoms with Crippen molar-refractivity contribution in [2.45, 2.75) is 18.9 Å². The van der Waals surface area contributed by atoms with Gasteiger partial charge in [-0.3, -0.25) is 14.9 Å². The Hall–Kier alpha value is -2.48. The predicted octanol–water partition coefficient (Wildman–Crippen LogP) is 1.20. The normalized spacial score (nSPS) is 17.4. The Morgan fingerprint density at radius 1 is 1.38 bits per heavy atom. The van der Waals surface area contributed by atoms with Gasteiger partial charge in [-0.15, -0.1) is 0 Å². The van der Waals surface area contributed by atoms with Crippen LogP contribution in [-0.2, 0) is 4.74 Å². The van der Waals surface area contributed by atoms with Gasteiger partial charge in [0.2, 0.25) is 0 Å². The number of nitrogens with zero attached hydrogens (tertiary/aromatic N) is 1. The molecule has 1 fully saturated rings. The average Bonchev–Trinajstić information content (AvgIpc) is 2.97. The number of nitrogens with one attached hydrogen (secondary N) is 1. The molecule has 0 aliphatic carbocycles. The molecule has 8 heteroatoms. The molecule has 0 saturated carbocycles. The first-order chi connectivity index (χ1) is 9.97. The number of hydrogen-bond acceptors (Lipinski definition) is 5. The fourth-order valence-corrected chi connectivity index (χ4v) is 2.09. The van der Waals surface area contributed by atoms with Crippen LogP contribution in [0, 0.1) is 10.1 Å². The molecule has 1 atom stereocenters. The maximum Gasteiger partial charge on any atom is 0.335 e. The topological polar surface area (TPSA) is 119 Å². The SMILES string of the molecule is O=C(O)c1cc(C(=O)NCC2CCCO2)cc([N+](=O)[O-])c1. The third-order valence-electron chi connectivity index (χ3n) is 3.15. The Labute approximate surface area is 119 Å². The zero-order valence-electron chi connectivity index (χ0n) is 11.1. The number of carboxylic acids is 1. The van der Waals surface area contributed by atoms with Gasteiger partial charge >= 0.3 is 5.97 Å². The maximum atomic E-state index is 12.0. The molecule has 1 aliphatic heterocycles. The van der Waals surface area contributed by atoms with Crippen molar-refractivity contribution in [3.05, 3.63) is 39.4 Å². The molecule has 2 rings (SSSR count). The summed E-state index contributed by atoms with van der Waals surface area (Å²) in [4.78, 5) is 33.0. The number of nitro groups is 1. The lowest BCUT2D eigenvalue weighted by Gasteiger charge is -2.11. The Kier molecular flexibility index (Phi) is 4.49. The van der Waals surface area contributed by atoms with Crippen LogP contribution in [0.2, 0.25) is 0 Å². The first kappa shape index (κ1) is 14.9. The number of rotatable bonds is 5. The number of carbonyl (C=O) groups is 2. The monoisotopic (exact) mass is 294 g/mol. The quantitative estimate of drug-likeness (QED) is 0.622. The molecule has 0 spiro atoms. The van der Waals surface area contributed by atoms with Crippen molar-refractivity contribution in [3.8, 4) is 0 Å². The van der Waals surface area contributed by atoms with Crippen LogP contribution in [-0.4, -0.2) is 41.2 Å². The summed E-state index contributed by atoms with van der Waals surface area (Å²) in [5.74, 6) is -1.89. The van der Waals surface area contributed by atoms with Crippen molar-refractivity contribution in [1.29, 1.82) is 0 Å². The number of non-ortho nitro benzene ring substituents is 1. The average molecular weight is 294 g/mol. The molecular weight excluding hydrogens is 280 g/mol. The third kappa shape index (κ3) is 3.76. The van der Waals surface area contributed by atoms with Crippen LogP contribution in [0.3, 0.4) is 0 Å². The van der Waals surface area contributed by atoms with Crippen molar-refractivity contribution in [3.63, 3.8) is 0 Å². The molecule has 0 aromatic heterocycles. The first-order valence-corrected chi connectivity index (χ1v) is 6.40. The third-order valence-corrected chi connectivity index (χ3v) is 3.15. The number of amides is 1. The second-order valence-electron chi connectivity index (χ2n) is 4.68. The van der Waals surface area contributed by atoms with Gasteiger partial charge in [0.1, 0.15) is 0 Å². The van der Waals surface area contributed by atoms with E-state index in [0.29, 0.717) is 13.2 Å². The molecule has 1 aliphatic rings. The molecule has 112 valence electrons. The van der Waals surface area contributed by atoms with Crippen LogP contribution in [0.5, 0.6) is 0 Å². The van der Waals surface area contributed by atoms with Crippen LogP contribution in [0.1, 0.15) is 33.6 Å². The molecule has 1 heterocycles. The molecule has 1 aromatic rings. The molecule has 21 heavy (non-hydrogen) atoms. The fraction of sp³-hybridized carbons (Fsp3) is 0.385. The van der Waals surface area contributed by atoms with E-state index < -0.39 is 22.5 Å². The van der Waals surface area contributed by atoms with Gasteiger partial charge in [-0.05, 0) is 18.9 Å². The second-order valence-corrected chi connectivity index (χ2v) is 4.68. The van der Waals surface area contributed by atoms with Gasteiger partial charge in [-0.1, -0.05) is 0 Å². The standard InChI is InChI=1S/C13H14N2O6/c16-12(14-7-11-2-1-3-21-11)8-4-9(13(17)18)6-10(5-8)15(19)20/h4-6,11H,1-3,7H2,(H,14,16)(H,17,18). The molecule has 1 aromatic carbocycles. The van der Waals surface area contributed by atoms with Crippen LogP contribution in [0.15, 0.2) is 18.2 Å². The van der Waals surface area contributed by atoms with Crippen LogP contribution >= 0.6 is 0 Å². The van der Waals surface area contributed by atoms with E-state index in [1.807, 2.05) is 0 Å². The lowest BCUT2D eigenvalue weighted by Crippen LogP contribution is -2.31. The van der Waals surface area contributed by atoms with E-state index in [-0.39, 0.29) is 17.2 Å². The summed E-state index contributed by atoms with van der Waals surface area (Å²) in [5, 5.41) is 22.3. The van der Waals surface area contributed by atoms with E-state index in [9.17, 15) is 19.7 Å². The van der Waals surface area contributed by atoms with Gasteiger partial charge in [0, 0.05) is 30.8 Å². The number of benzene rings is 1. The number of ether oxygens (including phenoxy) is 1. The maximum absolute atomic E-state index is 12.0. The molecule has 1 saturated heterocycles. The number of nitro benzene ring substituents is 1. The van der Waals surface area contributed by atoms with Crippen molar-refractivity contribution in [2.24, 2.45) is 0 Å². The Morgan fingerprint density at radius 3 is 2.67 bits per heavy atom. The Bertz CT molecular complexity index is 548. The number of hydrogen-bond donors (Lipinski definition) is 2. The minimum absolute atomic E-state index is 0.0559. The van der Waals surface area contributed by atoms with Gasteiger partial charge in [-0.25, -0.2) is 4.79 Å². The van der Waals surface area contributed by atoms with Crippen LogP contribution < -0.4 is 5.32 Å². The Morgan fingerprint density at radius 2 is 2.10 bits per heavy atom. The number of carbonyl (C=O) groups excluding carboxylic acids is 1.